The molecule has 0 aromatic carbocycles. The molecule has 1 aromatic heterocycles. The molecule has 0 bridgehead atoms. The van der Waals surface area contributed by atoms with Crippen LogP contribution in [-0.2, 0) is 6.42 Å². The Morgan fingerprint density at radius 3 is 2.86 bits per heavy atom. The molecule has 1 fully saturated rings. The first-order valence-corrected chi connectivity index (χ1v) is 5.38. The lowest BCUT2D eigenvalue weighted by atomic mass is 10.2. The van der Waals surface area contributed by atoms with Gasteiger partial charge in [0, 0.05) is 5.69 Å². The molecule has 14 heavy (non-hydrogen) atoms. The van der Waals surface area contributed by atoms with E-state index in [0.717, 1.165) is 12.7 Å². The third-order valence-corrected chi connectivity index (χ3v) is 2.99. The first-order valence-electron chi connectivity index (χ1n) is 5.38. The zero-order valence-electron chi connectivity index (χ0n) is 8.57. The molecule has 76 valence electrons. The molecule has 1 saturated carbocycles. The van der Waals surface area contributed by atoms with Crippen molar-refractivity contribution < 1.29 is 4.79 Å². The highest BCUT2D eigenvalue weighted by Crippen LogP contribution is 2.30. The van der Waals surface area contributed by atoms with Crippen LogP contribution in [0.1, 0.15) is 54.8 Å². The summed E-state index contributed by atoms with van der Waals surface area (Å²) in [6, 6.07) is 2.45. The number of hydrogen-bond donors (Lipinski definition) is 0. The summed E-state index contributed by atoms with van der Waals surface area (Å²) in [5, 5.41) is 4.33. The van der Waals surface area contributed by atoms with Crippen molar-refractivity contribution >= 4 is 6.29 Å². The maximum absolute atomic E-state index is 10.6. The number of aryl methyl sites for hydroxylation is 1. The quantitative estimate of drug-likeness (QED) is 0.689. The monoisotopic (exact) mass is 192 g/mol. The van der Waals surface area contributed by atoms with Gasteiger partial charge in [-0.15, -0.1) is 0 Å². The van der Waals surface area contributed by atoms with E-state index in [1.165, 1.54) is 31.4 Å². The van der Waals surface area contributed by atoms with Crippen LogP contribution in [0.2, 0.25) is 0 Å². The van der Waals surface area contributed by atoms with Gasteiger partial charge in [-0.1, -0.05) is 19.8 Å². The van der Waals surface area contributed by atoms with Gasteiger partial charge in [-0.25, -0.2) is 0 Å². The van der Waals surface area contributed by atoms with Crippen molar-refractivity contribution in [3.05, 3.63) is 17.5 Å². The summed E-state index contributed by atoms with van der Waals surface area (Å²) in [6.07, 6.45) is 6.82. The molecule has 0 amide bonds. The van der Waals surface area contributed by atoms with Crippen LogP contribution in [0.4, 0.5) is 0 Å². The molecule has 0 aliphatic heterocycles. The van der Waals surface area contributed by atoms with Gasteiger partial charge in [0.05, 0.1) is 6.04 Å². The van der Waals surface area contributed by atoms with Crippen molar-refractivity contribution in [2.75, 3.05) is 0 Å². The van der Waals surface area contributed by atoms with Gasteiger partial charge in [-0.05, 0) is 25.3 Å². The molecule has 0 radical (unpaired) electrons. The highest BCUT2D eigenvalue weighted by atomic mass is 16.1. The summed E-state index contributed by atoms with van der Waals surface area (Å²) in [5.74, 6) is 0. The molecular formula is C11H16N2O. The average molecular weight is 192 g/mol. The zero-order valence-corrected chi connectivity index (χ0v) is 8.57. The fourth-order valence-corrected chi connectivity index (χ4v) is 2.24. The normalized spacial score (nSPS) is 17.5. The first kappa shape index (κ1) is 9.44. The smallest absolute Gasteiger partial charge is 0.170 e. The summed E-state index contributed by atoms with van der Waals surface area (Å²) in [7, 11) is 0. The Bertz CT molecular complexity index is 324. The van der Waals surface area contributed by atoms with Crippen molar-refractivity contribution in [3.8, 4) is 0 Å². The zero-order chi connectivity index (χ0) is 9.97. The van der Waals surface area contributed by atoms with Gasteiger partial charge in [0.15, 0.2) is 6.29 Å². The molecule has 3 nitrogen and oxygen atoms in total. The molecule has 0 saturated heterocycles. The molecule has 0 atom stereocenters. The molecule has 0 N–H and O–H groups in total. The van der Waals surface area contributed by atoms with E-state index in [-0.39, 0.29) is 0 Å². The minimum atomic E-state index is 0.540. The van der Waals surface area contributed by atoms with Crippen molar-refractivity contribution in [1.82, 2.24) is 9.78 Å². The third kappa shape index (κ3) is 1.59. The Morgan fingerprint density at radius 2 is 2.29 bits per heavy atom. The minimum Gasteiger partial charge on any atom is -0.296 e. The number of nitrogens with zero attached hydrogens (tertiary/aromatic N) is 2. The summed E-state index contributed by atoms with van der Waals surface area (Å²) in [5.41, 5.74) is 1.77. The van der Waals surface area contributed by atoms with Crippen LogP contribution in [0.25, 0.3) is 0 Å². The lowest BCUT2D eigenvalue weighted by Gasteiger charge is -2.12. The van der Waals surface area contributed by atoms with Crippen LogP contribution in [0.15, 0.2) is 6.07 Å². The van der Waals surface area contributed by atoms with Gasteiger partial charge in [-0.2, -0.15) is 5.10 Å². The highest BCUT2D eigenvalue weighted by molar-refractivity contribution is 5.71. The predicted molar refractivity (Wildman–Crippen MR) is 54.5 cm³/mol. The molecular weight excluding hydrogens is 176 g/mol. The number of hydrogen-bond acceptors (Lipinski definition) is 2. The van der Waals surface area contributed by atoms with E-state index in [0.29, 0.717) is 11.7 Å². The number of aromatic nitrogens is 2. The number of carbonyl (C=O) groups excluding carboxylic acids is 1. The van der Waals surface area contributed by atoms with Crippen molar-refractivity contribution in [1.29, 1.82) is 0 Å². The van der Waals surface area contributed by atoms with Gasteiger partial charge in [-0.3, -0.25) is 9.48 Å². The topological polar surface area (TPSA) is 34.9 Å². The Kier molecular flexibility index (Phi) is 2.66. The summed E-state index contributed by atoms with van der Waals surface area (Å²) >= 11 is 0. The van der Waals surface area contributed by atoms with Crippen molar-refractivity contribution in [2.45, 2.75) is 45.1 Å². The van der Waals surface area contributed by atoms with Crippen LogP contribution >= 0.6 is 0 Å². The molecule has 0 unspecified atom stereocenters. The maximum atomic E-state index is 10.6. The number of rotatable bonds is 3. The summed E-state index contributed by atoms with van der Waals surface area (Å²) < 4.78 is 2.07. The van der Waals surface area contributed by atoms with Gasteiger partial charge in [0.2, 0.25) is 0 Å². The van der Waals surface area contributed by atoms with Crippen LogP contribution in [0.3, 0.4) is 0 Å². The van der Waals surface area contributed by atoms with E-state index in [2.05, 4.69) is 16.7 Å². The van der Waals surface area contributed by atoms with E-state index in [9.17, 15) is 4.79 Å². The minimum absolute atomic E-state index is 0.540. The van der Waals surface area contributed by atoms with Gasteiger partial charge >= 0.3 is 0 Å². The fourth-order valence-electron chi connectivity index (χ4n) is 2.24. The average Bonchev–Trinajstić information content (AvgIpc) is 2.85. The molecule has 2 rings (SSSR count). The fraction of sp³-hybridized carbons (Fsp3) is 0.636. The van der Waals surface area contributed by atoms with E-state index in [4.69, 9.17) is 0 Å². The van der Waals surface area contributed by atoms with Crippen LogP contribution in [0, 0.1) is 0 Å². The van der Waals surface area contributed by atoms with Gasteiger partial charge in [0.25, 0.3) is 0 Å². The van der Waals surface area contributed by atoms with Crippen LogP contribution in [0.5, 0.6) is 0 Å². The Balaban J connectivity index is 2.29. The molecule has 1 aliphatic carbocycles. The van der Waals surface area contributed by atoms with E-state index >= 15 is 0 Å². The third-order valence-electron chi connectivity index (χ3n) is 2.99. The summed E-state index contributed by atoms with van der Waals surface area (Å²) in [4.78, 5) is 10.6. The van der Waals surface area contributed by atoms with Crippen LogP contribution < -0.4 is 0 Å². The molecule has 1 aromatic rings. The lowest BCUT2D eigenvalue weighted by Crippen LogP contribution is -2.10. The second-order valence-electron chi connectivity index (χ2n) is 3.91. The summed E-state index contributed by atoms with van der Waals surface area (Å²) in [6.45, 7) is 2.11. The van der Waals surface area contributed by atoms with Gasteiger partial charge < -0.3 is 0 Å². The largest absolute Gasteiger partial charge is 0.296 e. The van der Waals surface area contributed by atoms with Crippen molar-refractivity contribution in [2.24, 2.45) is 0 Å². The molecule has 1 aliphatic rings. The highest BCUT2D eigenvalue weighted by Gasteiger charge is 2.20. The molecule has 1 heterocycles. The Hall–Kier alpha value is -1.12. The van der Waals surface area contributed by atoms with E-state index < -0.39 is 0 Å². The molecule has 0 spiro atoms. The predicted octanol–water partition coefficient (Wildman–Crippen LogP) is 2.37. The first-order chi connectivity index (χ1) is 6.85. The number of carbonyl (C=O) groups is 1. The maximum Gasteiger partial charge on any atom is 0.170 e. The second-order valence-corrected chi connectivity index (χ2v) is 3.91. The number of aldehydes is 1. The van der Waals surface area contributed by atoms with Crippen LogP contribution in [-0.4, -0.2) is 16.1 Å². The SMILES string of the molecule is CCc1cc(C=O)nn1C1CCCC1. The van der Waals surface area contributed by atoms with Gasteiger partial charge in [0.1, 0.15) is 5.69 Å². The van der Waals surface area contributed by atoms with E-state index in [1.54, 1.807) is 0 Å². The second kappa shape index (κ2) is 3.95. The molecule has 3 heteroatoms. The van der Waals surface area contributed by atoms with Crippen molar-refractivity contribution in [3.63, 3.8) is 0 Å². The Morgan fingerprint density at radius 1 is 1.57 bits per heavy atom. The van der Waals surface area contributed by atoms with E-state index in [1.807, 2.05) is 6.07 Å². The Labute approximate surface area is 84.1 Å². The standard InChI is InChI=1S/C11H16N2O/c1-2-10-7-9(8-14)12-13(10)11-5-3-4-6-11/h7-8,11H,2-6H2,1H3. The lowest BCUT2D eigenvalue weighted by molar-refractivity contribution is 0.111.